The van der Waals surface area contributed by atoms with Crippen molar-refractivity contribution < 1.29 is 22.8 Å². The number of primary amides is 1. The van der Waals surface area contributed by atoms with Gasteiger partial charge < -0.3 is 11.1 Å². The lowest BCUT2D eigenvalue weighted by molar-refractivity contribution is -0.119. The van der Waals surface area contributed by atoms with E-state index in [9.17, 15) is 22.8 Å². The van der Waals surface area contributed by atoms with Crippen molar-refractivity contribution in [2.75, 3.05) is 0 Å². The van der Waals surface area contributed by atoms with Gasteiger partial charge in [0.2, 0.25) is 5.91 Å². The molecule has 0 radical (unpaired) electrons. The summed E-state index contributed by atoms with van der Waals surface area (Å²) in [6.07, 6.45) is 0.0405. The summed E-state index contributed by atoms with van der Waals surface area (Å²) in [7, 11) is 0. The molecule has 0 aliphatic heterocycles. The summed E-state index contributed by atoms with van der Waals surface area (Å²) >= 11 is 3.26. The summed E-state index contributed by atoms with van der Waals surface area (Å²) in [6.45, 7) is 0. The molecule has 8 heteroatoms. The van der Waals surface area contributed by atoms with Gasteiger partial charge in [-0.05, 0) is 17.7 Å². The molecule has 4 nitrogen and oxygen atoms in total. The first-order valence-electron chi connectivity index (χ1n) is 6.77. The van der Waals surface area contributed by atoms with Crippen molar-refractivity contribution in [3.63, 3.8) is 0 Å². The van der Waals surface area contributed by atoms with Crippen LogP contribution in [-0.2, 0) is 11.2 Å². The Kier molecular flexibility index (Phi) is 5.61. The summed E-state index contributed by atoms with van der Waals surface area (Å²) in [4.78, 5) is 23.5. The fraction of sp³-hybridized carbons (Fsp3) is 0.125. The number of benzene rings is 2. The van der Waals surface area contributed by atoms with Crippen LogP contribution >= 0.6 is 15.9 Å². The minimum Gasteiger partial charge on any atom is -0.368 e. The maximum absolute atomic E-state index is 13.6. The predicted octanol–water partition coefficient (Wildman–Crippen LogP) is 2.69. The highest BCUT2D eigenvalue weighted by Crippen LogP contribution is 2.16. The lowest BCUT2D eigenvalue weighted by atomic mass is 10.0. The maximum atomic E-state index is 13.6. The van der Waals surface area contributed by atoms with Crippen LogP contribution in [0.1, 0.15) is 15.9 Å². The number of rotatable bonds is 5. The summed E-state index contributed by atoms with van der Waals surface area (Å²) in [5.74, 6) is -5.93. The normalized spacial score (nSPS) is 11.8. The van der Waals surface area contributed by atoms with Gasteiger partial charge in [-0.1, -0.05) is 28.1 Å². The van der Waals surface area contributed by atoms with E-state index in [0.29, 0.717) is 17.7 Å². The van der Waals surface area contributed by atoms with Crippen LogP contribution in [0, 0.1) is 17.5 Å². The zero-order valence-corrected chi connectivity index (χ0v) is 13.7. The Morgan fingerprint density at radius 3 is 2.12 bits per heavy atom. The summed E-state index contributed by atoms with van der Waals surface area (Å²) < 4.78 is 41.0. The minimum absolute atomic E-state index is 0.0405. The zero-order valence-electron chi connectivity index (χ0n) is 12.2. The molecule has 0 heterocycles. The first-order valence-corrected chi connectivity index (χ1v) is 7.56. The molecule has 0 bridgehead atoms. The van der Waals surface area contributed by atoms with E-state index in [0.717, 1.165) is 4.47 Å². The van der Waals surface area contributed by atoms with Gasteiger partial charge in [-0.3, -0.25) is 9.59 Å². The van der Waals surface area contributed by atoms with Crippen molar-refractivity contribution in [2.24, 2.45) is 5.73 Å². The van der Waals surface area contributed by atoms with Gasteiger partial charge in [-0.2, -0.15) is 0 Å². The Hall–Kier alpha value is -2.35. The van der Waals surface area contributed by atoms with Gasteiger partial charge in [0.1, 0.15) is 29.1 Å². The summed E-state index contributed by atoms with van der Waals surface area (Å²) in [5, 5.41) is 2.17. The second kappa shape index (κ2) is 7.48. The van der Waals surface area contributed by atoms with Gasteiger partial charge in [-0.15, -0.1) is 0 Å². The Morgan fingerprint density at radius 2 is 1.62 bits per heavy atom. The minimum atomic E-state index is -1.36. The molecule has 0 aliphatic carbocycles. The Labute approximate surface area is 144 Å². The van der Waals surface area contributed by atoms with E-state index in [1.54, 1.807) is 24.3 Å². The largest absolute Gasteiger partial charge is 0.368 e. The smallest absolute Gasteiger partial charge is 0.257 e. The molecule has 0 aromatic heterocycles. The molecule has 2 aromatic rings. The second-order valence-corrected chi connectivity index (χ2v) is 5.92. The average molecular weight is 401 g/mol. The van der Waals surface area contributed by atoms with Crippen LogP contribution in [0.5, 0.6) is 0 Å². The van der Waals surface area contributed by atoms with E-state index in [1.807, 2.05) is 0 Å². The number of halogens is 4. The molecule has 3 N–H and O–H groups in total. The monoisotopic (exact) mass is 400 g/mol. The van der Waals surface area contributed by atoms with Crippen molar-refractivity contribution in [3.05, 3.63) is 69.4 Å². The number of amides is 2. The van der Waals surface area contributed by atoms with Crippen LogP contribution in [-0.4, -0.2) is 17.9 Å². The molecule has 0 saturated heterocycles. The second-order valence-electron chi connectivity index (χ2n) is 5.00. The third kappa shape index (κ3) is 4.35. The average Bonchev–Trinajstić information content (AvgIpc) is 2.47. The van der Waals surface area contributed by atoms with Gasteiger partial charge >= 0.3 is 0 Å². The third-order valence-corrected chi connectivity index (χ3v) is 3.76. The molecular weight excluding hydrogens is 389 g/mol. The SMILES string of the molecule is NC(=O)[C@H](Cc1ccc(Br)cc1)NC(=O)c1c(F)cc(F)cc1F. The first kappa shape index (κ1) is 18.0. The van der Waals surface area contributed by atoms with Crippen LogP contribution < -0.4 is 11.1 Å². The molecule has 2 amide bonds. The Bertz CT molecular complexity index is 758. The van der Waals surface area contributed by atoms with E-state index >= 15 is 0 Å². The van der Waals surface area contributed by atoms with Crippen LogP contribution in [0.25, 0.3) is 0 Å². The number of hydrogen-bond acceptors (Lipinski definition) is 2. The van der Waals surface area contributed by atoms with Crippen LogP contribution in [0.15, 0.2) is 40.9 Å². The fourth-order valence-corrected chi connectivity index (χ4v) is 2.33. The Morgan fingerprint density at radius 1 is 1.08 bits per heavy atom. The first-order chi connectivity index (χ1) is 11.3. The van der Waals surface area contributed by atoms with Crippen molar-refractivity contribution in [1.29, 1.82) is 0 Å². The van der Waals surface area contributed by atoms with Crippen molar-refractivity contribution in [1.82, 2.24) is 5.32 Å². The van der Waals surface area contributed by atoms with Crippen LogP contribution in [0.3, 0.4) is 0 Å². The van der Waals surface area contributed by atoms with Gasteiger partial charge in [0.15, 0.2) is 0 Å². The number of carbonyl (C=O) groups is 2. The van der Waals surface area contributed by atoms with Gasteiger partial charge in [0.05, 0.1) is 0 Å². The van der Waals surface area contributed by atoms with E-state index in [2.05, 4.69) is 21.2 Å². The van der Waals surface area contributed by atoms with Crippen molar-refractivity contribution in [3.8, 4) is 0 Å². The van der Waals surface area contributed by atoms with E-state index in [4.69, 9.17) is 5.73 Å². The van der Waals surface area contributed by atoms with Crippen LogP contribution in [0.4, 0.5) is 13.2 Å². The number of nitrogens with one attached hydrogen (secondary N) is 1. The summed E-state index contributed by atoms with van der Waals surface area (Å²) in [5.41, 5.74) is 4.94. The van der Waals surface area contributed by atoms with Gasteiger partial charge in [0.25, 0.3) is 5.91 Å². The van der Waals surface area contributed by atoms with Crippen LogP contribution in [0.2, 0.25) is 0 Å². The predicted molar refractivity (Wildman–Crippen MR) is 84.6 cm³/mol. The number of nitrogens with two attached hydrogens (primary N) is 1. The quantitative estimate of drug-likeness (QED) is 0.809. The van der Waals surface area contributed by atoms with Crippen molar-refractivity contribution >= 4 is 27.7 Å². The molecule has 0 aliphatic rings. The number of hydrogen-bond donors (Lipinski definition) is 2. The number of carbonyl (C=O) groups excluding carboxylic acids is 2. The van der Waals surface area contributed by atoms with E-state index < -0.39 is 40.9 Å². The highest BCUT2D eigenvalue weighted by atomic mass is 79.9. The van der Waals surface area contributed by atoms with E-state index in [-0.39, 0.29) is 6.42 Å². The topological polar surface area (TPSA) is 72.2 Å². The molecule has 2 rings (SSSR count). The van der Waals surface area contributed by atoms with Gasteiger partial charge in [-0.25, -0.2) is 13.2 Å². The molecule has 1 atom stereocenters. The molecule has 0 spiro atoms. The fourth-order valence-electron chi connectivity index (χ4n) is 2.07. The summed E-state index contributed by atoms with van der Waals surface area (Å²) in [6, 6.07) is 6.44. The molecule has 24 heavy (non-hydrogen) atoms. The molecule has 0 fully saturated rings. The molecule has 0 saturated carbocycles. The van der Waals surface area contributed by atoms with E-state index in [1.165, 1.54) is 0 Å². The molecule has 126 valence electrons. The lowest BCUT2D eigenvalue weighted by Gasteiger charge is -2.16. The highest BCUT2D eigenvalue weighted by Gasteiger charge is 2.24. The zero-order chi connectivity index (χ0) is 17.9. The highest BCUT2D eigenvalue weighted by molar-refractivity contribution is 9.10. The standard InChI is InChI=1S/C16H12BrF3N2O2/c17-9-3-1-8(2-4-9)5-13(15(21)23)22-16(24)14-11(19)6-10(18)7-12(14)20/h1-4,6-7,13H,5H2,(H2,21,23)(H,22,24)/t13-/m0/s1. The molecule has 2 aromatic carbocycles. The molecular formula is C16H12BrF3N2O2. The maximum Gasteiger partial charge on any atom is 0.257 e. The lowest BCUT2D eigenvalue weighted by Crippen LogP contribution is -2.46. The van der Waals surface area contributed by atoms with Crippen molar-refractivity contribution in [2.45, 2.75) is 12.5 Å². The third-order valence-electron chi connectivity index (χ3n) is 3.24. The van der Waals surface area contributed by atoms with Gasteiger partial charge in [0, 0.05) is 23.0 Å². The Balaban J connectivity index is 2.20. The molecule has 0 unspecified atom stereocenters.